The fourth-order valence-electron chi connectivity index (χ4n) is 0.551. The van der Waals surface area contributed by atoms with E-state index >= 15 is 0 Å². The van der Waals surface area contributed by atoms with Crippen molar-refractivity contribution in [3.8, 4) is 0 Å². The van der Waals surface area contributed by atoms with Gasteiger partial charge in [-0.15, -0.1) is 0 Å². The number of nitrogens with zero attached hydrogens (tertiary/aromatic N) is 1. The van der Waals surface area contributed by atoms with Gasteiger partial charge in [-0.2, -0.15) is 0 Å². The molecule has 0 unspecified atom stereocenters. The van der Waals surface area contributed by atoms with Gasteiger partial charge in [0.2, 0.25) is 0 Å². The van der Waals surface area contributed by atoms with Crippen molar-refractivity contribution in [3.05, 3.63) is 24.4 Å². The topological polar surface area (TPSA) is 41.3 Å². The molecule has 0 aromatic carbocycles. The Kier molecular flexibility index (Phi) is 1.12. The van der Waals surface area contributed by atoms with Crippen LogP contribution >= 0.6 is 0 Å². The average Bonchev–Trinajstić information content (AvgIpc) is 1.64. The van der Waals surface area contributed by atoms with Crippen molar-refractivity contribution in [1.29, 1.82) is 0 Å². The van der Waals surface area contributed by atoms with Gasteiger partial charge in [0.1, 0.15) is 5.82 Å². The van der Waals surface area contributed by atoms with Crippen LogP contribution in [0, 0.1) is 0 Å². The van der Waals surface area contributed by atoms with Gasteiger partial charge in [-0.3, -0.25) is 0 Å². The summed E-state index contributed by atoms with van der Waals surface area (Å²) in [7, 11) is 1.92. The number of nitrogens with one attached hydrogen (secondary N) is 1. The molecular weight excluding hydrogens is 102 g/mol. The fraction of sp³-hybridized carbons (Fsp3) is 0.200. The van der Waals surface area contributed by atoms with Crippen LogP contribution in [0.3, 0.4) is 0 Å². The molecular formula is C5H9N3. The van der Waals surface area contributed by atoms with E-state index in [1.165, 1.54) is 0 Å². The van der Waals surface area contributed by atoms with Crippen LogP contribution in [0.15, 0.2) is 24.4 Å². The summed E-state index contributed by atoms with van der Waals surface area (Å²) in [5.41, 5.74) is 5.38. The highest BCUT2D eigenvalue weighted by atomic mass is 15.1. The molecule has 1 heterocycles. The maximum Gasteiger partial charge on any atom is 0.117 e. The number of hydrogen-bond donors (Lipinski definition) is 2. The molecule has 0 radical (unpaired) electrons. The summed E-state index contributed by atoms with van der Waals surface area (Å²) in [5.74, 6) is 0.676. The number of nitrogens with two attached hydrogens (primary N) is 1. The van der Waals surface area contributed by atoms with E-state index in [1.807, 2.05) is 18.1 Å². The summed E-state index contributed by atoms with van der Waals surface area (Å²) in [6, 6.07) is 0. The van der Waals surface area contributed by atoms with Crippen LogP contribution in [-0.2, 0) is 0 Å². The third-order valence-electron chi connectivity index (χ3n) is 0.902. The Bertz CT molecular complexity index is 137. The Balaban J connectivity index is 2.60. The van der Waals surface area contributed by atoms with Gasteiger partial charge in [-0.05, 0) is 0 Å². The van der Waals surface area contributed by atoms with E-state index in [4.69, 9.17) is 5.73 Å². The first-order valence-electron chi connectivity index (χ1n) is 2.41. The molecule has 3 heteroatoms. The second-order valence-corrected chi connectivity index (χ2v) is 1.71. The van der Waals surface area contributed by atoms with E-state index in [-0.39, 0.29) is 0 Å². The van der Waals surface area contributed by atoms with E-state index in [0.717, 1.165) is 0 Å². The highest BCUT2D eigenvalue weighted by Crippen LogP contribution is 1.92. The minimum absolute atomic E-state index is 0.676. The molecule has 0 saturated heterocycles. The molecule has 1 aliphatic heterocycles. The Hall–Kier alpha value is -1.12. The quantitative estimate of drug-likeness (QED) is 0.453. The number of rotatable bonds is 0. The SMILES string of the molecule is CN1C=CNC(N)=C1. The smallest absolute Gasteiger partial charge is 0.117 e. The van der Waals surface area contributed by atoms with Crippen LogP contribution < -0.4 is 11.1 Å². The normalized spacial score (nSPS) is 17.6. The molecule has 44 valence electrons. The minimum atomic E-state index is 0.676. The standard InChI is InChI=1S/C5H9N3/c1-8-3-2-7-5(6)4-8/h2-4,7H,6H2,1H3. The molecule has 0 saturated carbocycles. The van der Waals surface area contributed by atoms with Crippen molar-refractivity contribution < 1.29 is 0 Å². The minimum Gasteiger partial charge on any atom is -0.384 e. The van der Waals surface area contributed by atoms with Crippen LogP contribution in [0.5, 0.6) is 0 Å². The highest BCUT2D eigenvalue weighted by Gasteiger charge is 1.92. The summed E-state index contributed by atoms with van der Waals surface area (Å²) < 4.78 is 0. The van der Waals surface area contributed by atoms with Crippen LogP contribution in [0.1, 0.15) is 0 Å². The summed E-state index contributed by atoms with van der Waals surface area (Å²) >= 11 is 0. The second kappa shape index (κ2) is 1.78. The Morgan fingerprint density at radius 3 is 2.88 bits per heavy atom. The Labute approximate surface area is 48.5 Å². The maximum absolute atomic E-state index is 5.38. The molecule has 3 nitrogen and oxygen atoms in total. The van der Waals surface area contributed by atoms with Crippen molar-refractivity contribution in [2.24, 2.45) is 5.73 Å². The van der Waals surface area contributed by atoms with Crippen molar-refractivity contribution in [1.82, 2.24) is 10.2 Å². The number of hydrogen-bond acceptors (Lipinski definition) is 3. The lowest BCUT2D eigenvalue weighted by molar-refractivity contribution is 0.591. The first-order valence-corrected chi connectivity index (χ1v) is 2.41. The van der Waals surface area contributed by atoms with Crippen LogP contribution in [0.4, 0.5) is 0 Å². The van der Waals surface area contributed by atoms with Crippen LogP contribution in [0.25, 0.3) is 0 Å². The van der Waals surface area contributed by atoms with Gasteiger partial charge >= 0.3 is 0 Å². The molecule has 0 fully saturated rings. The van der Waals surface area contributed by atoms with Crippen molar-refractivity contribution in [2.45, 2.75) is 0 Å². The van der Waals surface area contributed by atoms with E-state index in [2.05, 4.69) is 5.32 Å². The van der Waals surface area contributed by atoms with Gasteiger partial charge < -0.3 is 16.0 Å². The maximum atomic E-state index is 5.38. The monoisotopic (exact) mass is 111 g/mol. The molecule has 0 aromatic rings. The summed E-state index contributed by atoms with van der Waals surface area (Å²) in [4.78, 5) is 1.88. The molecule has 0 bridgehead atoms. The third-order valence-corrected chi connectivity index (χ3v) is 0.902. The molecule has 0 spiro atoms. The lowest BCUT2D eigenvalue weighted by Crippen LogP contribution is -2.22. The second-order valence-electron chi connectivity index (χ2n) is 1.71. The molecule has 1 aliphatic rings. The van der Waals surface area contributed by atoms with E-state index in [9.17, 15) is 0 Å². The molecule has 1 rings (SSSR count). The zero-order valence-electron chi connectivity index (χ0n) is 4.76. The lowest BCUT2D eigenvalue weighted by atomic mass is 10.6. The predicted octanol–water partition coefficient (Wildman–Crippen LogP) is -0.250. The fourth-order valence-corrected chi connectivity index (χ4v) is 0.551. The molecule has 8 heavy (non-hydrogen) atoms. The Morgan fingerprint density at radius 1 is 1.75 bits per heavy atom. The predicted molar refractivity (Wildman–Crippen MR) is 32.3 cm³/mol. The van der Waals surface area contributed by atoms with E-state index in [1.54, 1.807) is 12.4 Å². The zero-order chi connectivity index (χ0) is 5.98. The largest absolute Gasteiger partial charge is 0.384 e. The van der Waals surface area contributed by atoms with E-state index < -0.39 is 0 Å². The molecule has 0 aromatic heterocycles. The van der Waals surface area contributed by atoms with E-state index in [0.29, 0.717) is 5.82 Å². The van der Waals surface area contributed by atoms with Crippen molar-refractivity contribution in [3.63, 3.8) is 0 Å². The van der Waals surface area contributed by atoms with Gasteiger partial charge in [-0.1, -0.05) is 0 Å². The summed E-state index contributed by atoms with van der Waals surface area (Å²) in [6.45, 7) is 0. The first-order chi connectivity index (χ1) is 3.79. The van der Waals surface area contributed by atoms with Crippen LogP contribution in [0.2, 0.25) is 0 Å². The molecule has 0 amide bonds. The summed E-state index contributed by atoms with van der Waals surface area (Å²) in [5, 5.41) is 2.83. The van der Waals surface area contributed by atoms with Gasteiger partial charge in [0.05, 0.1) is 0 Å². The van der Waals surface area contributed by atoms with Crippen LogP contribution in [-0.4, -0.2) is 11.9 Å². The van der Waals surface area contributed by atoms with Crippen molar-refractivity contribution in [2.75, 3.05) is 7.05 Å². The first kappa shape index (κ1) is 5.03. The average molecular weight is 111 g/mol. The van der Waals surface area contributed by atoms with Gasteiger partial charge in [0, 0.05) is 25.6 Å². The molecule has 0 aliphatic carbocycles. The zero-order valence-corrected chi connectivity index (χ0v) is 4.76. The lowest BCUT2D eigenvalue weighted by Gasteiger charge is -2.13. The Morgan fingerprint density at radius 2 is 2.50 bits per heavy atom. The van der Waals surface area contributed by atoms with Gasteiger partial charge in [-0.25, -0.2) is 0 Å². The third kappa shape index (κ3) is 0.932. The molecule has 0 atom stereocenters. The van der Waals surface area contributed by atoms with Gasteiger partial charge in [0.25, 0.3) is 0 Å². The highest BCUT2D eigenvalue weighted by molar-refractivity contribution is 5.05. The summed E-state index contributed by atoms with van der Waals surface area (Å²) in [6.07, 6.45) is 5.48. The van der Waals surface area contributed by atoms with Gasteiger partial charge in [0.15, 0.2) is 0 Å². The van der Waals surface area contributed by atoms with Crippen molar-refractivity contribution >= 4 is 0 Å². The molecule has 3 N–H and O–H groups in total.